The highest BCUT2D eigenvalue weighted by atomic mass is 79.9. The largest absolute Gasteiger partial charge is 0.440 e. The fourth-order valence-corrected chi connectivity index (χ4v) is 2.20. The molecular weight excluding hydrogens is 290 g/mol. The number of rotatable bonds is 2. The van der Waals surface area contributed by atoms with E-state index in [-0.39, 0.29) is 0 Å². The first-order valence-corrected chi connectivity index (χ1v) is 6.60. The summed E-state index contributed by atoms with van der Waals surface area (Å²) in [5.74, 6) is 0.762. The molecule has 1 aromatic heterocycles. The number of benzene rings is 2. The standard InChI is InChI=1S/C15H12BrNO/c1-10-2-7-13-14(8-10)18-15(17-13)9-11-3-5-12(16)6-4-11/h2-8H,9H2,1H3. The molecule has 2 aromatic carbocycles. The third-order valence-corrected chi connectivity index (χ3v) is 3.39. The second-order valence-corrected chi connectivity index (χ2v) is 5.30. The minimum absolute atomic E-state index is 0.723. The van der Waals surface area contributed by atoms with E-state index in [1.54, 1.807) is 0 Å². The number of hydrogen-bond acceptors (Lipinski definition) is 2. The second kappa shape index (κ2) is 4.58. The Bertz CT molecular complexity index is 685. The van der Waals surface area contributed by atoms with E-state index >= 15 is 0 Å². The molecule has 0 N–H and O–H groups in total. The molecule has 3 aromatic rings. The van der Waals surface area contributed by atoms with E-state index in [0.717, 1.165) is 27.9 Å². The van der Waals surface area contributed by atoms with E-state index in [2.05, 4.69) is 40.0 Å². The molecule has 0 saturated heterocycles. The summed E-state index contributed by atoms with van der Waals surface area (Å²) < 4.78 is 6.84. The molecule has 0 saturated carbocycles. The topological polar surface area (TPSA) is 26.0 Å². The molecule has 0 aliphatic rings. The van der Waals surface area contributed by atoms with Gasteiger partial charge in [-0.05, 0) is 42.3 Å². The molecule has 0 spiro atoms. The molecule has 90 valence electrons. The van der Waals surface area contributed by atoms with E-state index < -0.39 is 0 Å². The van der Waals surface area contributed by atoms with Gasteiger partial charge in [-0.2, -0.15) is 0 Å². The van der Waals surface area contributed by atoms with Crippen molar-refractivity contribution in [3.8, 4) is 0 Å². The quantitative estimate of drug-likeness (QED) is 0.697. The molecule has 1 heterocycles. The van der Waals surface area contributed by atoms with Crippen LogP contribution in [0.5, 0.6) is 0 Å². The summed E-state index contributed by atoms with van der Waals surface area (Å²) in [5, 5.41) is 0. The van der Waals surface area contributed by atoms with Crippen LogP contribution in [0, 0.1) is 6.92 Å². The summed E-state index contributed by atoms with van der Waals surface area (Å²) in [7, 11) is 0. The number of aryl methyl sites for hydroxylation is 1. The Balaban J connectivity index is 1.92. The molecule has 18 heavy (non-hydrogen) atoms. The molecule has 0 bridgehead atoms. The fourth-order valence-electron chi connectivity index (χ4n) is 1.93. The SMILES string of the molecule is Cc1ccc2nc(Cc3ccc(Br)cc3)oc2c1. The Hall–Kier alpha value is -1.61. The molecular formula is C15H12BrNO. The van der Waals surface area contributed by atoms with Crippen molar-refractivity contribution < 1.29 is 4.42 Å². The normalized spacial score (nSPS) is 11.0. The number of nitrogens with zero attached hydrogens (tertiary/aromatic N) is 1. The van der Waals surface area contributed by atoms with Gasteiger partial charge in [0.25, 0.3) is 0 Å². The average Bonchev–Trinajstić information content (AvgIpc) is 2.73. The summed E-state index contributed by atoms with van der Waals surface area (Å²) in [6.45, 7) is 2.05. The molecule has 0 fully saturated rings. The number of aromatic nitrogens is 1. The molecule has 3 heteroatoms. The molecule has 3 rings (SSSR count). The second-order valence-electron chi connectivity index (χ2n) is 4.38. The summed E-state index contributed by atoms with van der Waals surface area (Å²) >= 11 is 3.43. The van der Waals surface area contributed by atoms with Gasteiger partial charge in [-0.3, -0.25) is 0 Å². The van der Waals surface area contributed by atoms with E-state index in [9.17, 15) is 0 Å². The zero-order valence-electron chi connectivity index (χ0n) is 9.98. The monoisotopic (exact) mass is 301 g/mol. The van der Waals surface area contributed by atoms with Gasteiger partial charge in [0.1, 0.15) is 5.52 Å². The van der Waals surface area contributed by atoms with E-state index in [0.29, 0.717) is 0 Å². The van der Waals surface area contributed by atoms with Crippen LogP contribution in [0.1, 0.15) is 17.0 Å². The van der Waals surface area contributed by atoms with Crippen LogP contribution in [0.4, 0.5) is 0 Å². The van der Waals surface area contributed by atoms with E-state index in [1.807, 2.05) is 30.3 Å². The highest BCUT2D eigenvalue weighted by Gasteiger charge is 2.06. The first-order valence-electron chi connectivity index (χ1n) is 5.81. The zero-order valence-corrected chi connectivity index (χ0v) is 11.6. The predicted molar refractivity (Wildman–Crippen MR) is 75.7 cm³/mol. The number of fused-ring (bicyclic) bond motifs is 1. The van der Waals surface area contributed by atoms with Crippen molar-refractivity contribution in [2.75, 3.05) is 0 Å². The van der Waals surface area contributed by atoms with Gasteiger partial charge < -0.3 is 4.42 Å². The van der Waals surface area contributed by atoms with Gasteiger partial charge >= 0.3 is 0 Å². The summed E-state index contributed by atoms with van der Waals surface area (Å²) in [6.07, 6.45) is 0.723. The fraction of sp³-hybridized carbons (Fsp3) is 0.133. The van der Waals surface area contributed by atoms with Crippen molar-refractivity contribution in [2.24, 2.45) is 0 Å². The first-order chi connectivity index (χ1) is 8.70. The minimum Gasteiger partial charge on any atom is -0.440 e. The molecule has 0 amide bonds. The van der Waals surface area contributed by atoms with E-state index in [1.165, 1.54) is 11.1 Å². The third kappa shape index (κ3) is 2.31. The Labute approximate surface area is 114 Å². The maximum atomic E-state index is 5.76. The lowest BCUT2D eigenvalue weighted by atomic mass is 10.1. The van der Waals surface area contributed by atoms with Gasteiger partial charge in [0.15, 0.2) is 11.5 Å². The van der Waals surface area contributed by atoms with Crippen molar-refractivity contribution in [3.63, 3.8) is 0 Å². The maximum Gasteiger partial charge on any atom is 0.199 e. The summed E-state index contributed by atoms with van der Waals surface area (Å²) in [4.78, 5) is 4.49. The van der Waals surface area contributed by atoms with Crippen LogP contribution in [0.15, 0.2) is 51.4 Å². The highest BCUT2D eigenvalue weighted by molar-refractivity contribution is 9.10. The van der Waals surface area contributed by atoms with Crippen LogP contribution in [0.2, 0.25) is 0 Å². The molecule has 0 aliphatic heterocycles. The number of oxazole rings is 1. The lowest BCUT2D eigenvalue weighted by Crippen LogP contribution is -1.87. The smallest absolute Gasteiger partial charge is 0.199 e. The van der Waals surface area contributed by atoms with Crippen molar-refractivity contribution in [2.45, 2.75) is 13.3 Å². The predicted octanol–water partition coefficient (Wildman–Crippen LogP) is 4.49. The van der Waals surface area contributed by atoms with Crippen LogP contribution >= 0.6 is 15.9 Å². The molecule has 0 radical (unpaired) electrons. The van der Waals surface area contributed by atoms with Gasteiger partial charge in [-0.15, -0.1) is 0 Å². The Morgan fingerprint density at radius 1 is 1.11 bits per heavy atom. The first kappa shape index (κ1) is 11.5. The Morgan fingerprint density at radius 2 is 1.89 bits per heavy atom. The van der Waals surface area contributed by atoms with Gasteiger partial charge in [-0.1, -0.05) is 34.1 Å². The minimum atomic E-state index is 0.723. The van der Waals surface area contributed by atoms with Gasteiger partial charge in [0.2, 0.25) is 0 Å². The molecule has 2 nitrogen and oxygen atoms in total. The number of hydrogen-bond donors (Lipinski definition) is 0. The van der Waals surface area contributed by atoms with Gasteiger partial charge in [-0.25, -0.2) is 4.98 Å². The lowest BCUT2D eigenvalue weighted by Gasteiger charge is -1.96. The molecule has 0 aliphatic carbocycles. The van der Waals surface area contributed by atoms with Crippen LogP contribution in [-0.2, 0) is 6.42 Å². The van der Waals surface area contributed by atoms with E-state index in [4.69, 9.17) is 4.42 Å². The summed E-state index contributed by atoms with van der Waals surface area (Å²) in [5.41, 5.74) is 4.17. The maximum absolute atomic E-state index is 5.76. The van der Waals surface area contributed by atoms with Crippen LogP contribution in [0.3, 0.4) is 0 Å². The van der Waals surface area contributed by atoms with Crippen molar-refractivity contribution in [3.05, 3.63) is 64.0 Å². The Morgan fingerprint density at radius 3 is 2.67 bits per heavy atom. The summed E-state index contributed by atoms with van der Waals surface area (Å²) in [6, 6.07) is 14.3. The average molecular weight is 302 g/mol. The van der Waals surface area contributed by atoms with Crippen LogP contribution < -0.4 is 0 Å². The van der Waals surface area contributed by atoms with Crippen LogP contribution in [0.25, 0.3) is 11.1 Å². The zero-order chi connectivity index (χ0) is 12.5. The Kier molecular flexibility index (Phi) is 2.92. The van der Waals surface area contributed by atoms with Crippen molar-refractivity contribution in [1.82, 2.24) is 4.98 Å². The molecule has 0 atom stereocenters. The van der Waals surface area contributed by atoms with Crippen molar-refractivity contribution in [1.29, 1.82) is 0 Å². The number of halogens is 1. The van der Waals surface area contributed by atoms with Crippen molar-refractivity contribution >= 4 is 27.0 Å². The van der Waals surface area contributed by atoms with Gasteiger partial charge in [0, 0.05) is 10.9 Å². The van der Waals surface area contributed by atoms with Gasteiger partial charge in [0.05, 0.1) is 0 Å². The highest BCUT2D eigenvalue weighted by Crippen LogP contribution is 2.19. The third-order valence-electron chi connectivity index (χ3n) is 2.86. The lowest BCUT2D eigenvalue weighted by molar-refractivity contribution is 0.544. The van der Waals surface area contributed by atoms with Crippen LogP contribution in [-0.4, -0.2) is 4.98 Å². The molecule has 0 unspecified atom stereocenters.